The summed E-state index contributed by atoms with van der Waals surface area (Å²) in [6, 6.07) is 8.49. The first-order chi connectivity index (χ1) is 9.11. The van der Waals surface area contributed by atoms with Crippen molar-refractivity contribution in [2.24, 2.45) is 0 Å². The van der Waals surface area contributed by atoms with Crippen molar-refractivity contribution in [1.82, 2.24) is 5.32 Å². The van der Waals surface area contributed by atoms with E-state index in [0.29, 0.717) is 6.54 Å². The summed E-state index contributed by atoms with van der Waals surface area (Å²) in [6.45, 7) is 1.77. The SMILES string of the molecule is CC(O)(CO)CNC(Cc1cccs1)c1cccs1. The third-order valence-corrected chi connectivity index (χ3v) is 4.83. The average Bonchev–Trinajstić information content (AvgIpc) is 3.07. The maximum atomic E-state index is 9.89. The molecule has 2 aromatic heterocycles. The molecule has 2 atom stereocenters. The lowest BCUT2D eigenvalue weighted by atomic mass is 10.1. The molecular formula is C14H19NO2S2. The summed E-state index contributed by atoms with van der Waals surface area (Å²) in [7, 11) is 0. The van der Waals surface area contributed by atoms with Crippen LogP contribution < -0.4 is 5.32 Å². The Morgan fingerprint density at radius 2 is 2.00 bits per heavy atom. The Morgan fingerprint density at radius 1 is 1.26 bits per heavy atom. The van der Waals surface area contributed by atoms with E-state index in [1.807, 2.05) is 6.07 Å². The zero-order chi connectivity index (χ0) is 13.7. The van der Waals surface area contributed by atoms with Gasteiger partial charge in [-0.2, -0.15) is 0 Å². The molecule has 2 aromatic rings. The molecular weight excluding hydrogens is 278 g/mol. The summed E-state index contributed by atoms with van der Waals surface area (Å²) in [5, 5.41) is 26.5. The molecule has 2 unspecified atom stereocenters. The van der Waals surface area contributed by atoms with Crippen molar-refractivity contribution in [2.75, 3.05) is 13.2 Å². The molecule has 2 rings (SSSR count). The second-order valence-electron chi connectivity index (χ2n) is 4.89. The lowest BCUT2D eigenvalue weighted by molar-refractivity contribution is 0.000764. The summed E-state index contributed by atoms with van der Waals surface area (Å²) < 4.78 is 0. The van der Waals surface area contributed by atoms with Crippen LogP contribution in [0.15, 0.2) is 35.0 Å². The fraction of sp³-hybridized carbons (Fsp3) is 0.429. The lowest BCUT2D eigenvalue weighted by Gasteiger charge is -2.25. The van der Waals surface area contributed by atoms with Gasteiger partial charge < -0.3 is 15.5 Å². The zero-order valence-corrected chi connectivity index (χ0v) is 12.5. The summed E-state index contributed by atoms with van der Waals surface area (Å²) in [4.78, 5) is 2.57. The Hall–Kier alpha value is -0.720. The van der Waals surface area contributed by atoms with Crippen LogP contribution in [-0.4, -0.2) is 29.0 Å². The second kappa shape index (κ2) is 6.63. The van der Waals surface area contributed by atoms with Crippen molar-refractivity contribution < 1.29 is 10.2 Å². The topological polar surface area (TPSA) is 52.5 Å². The van der Waals surface area contributed by atoms with Crippen LogP contribution in [0.5, 0.6) is 0 Å². The van der Waals surface area contributed by atoms with Crippen molar-refractivity contribution in [2.45, 2.75) is 25.0 Å². The van der Waals surface area contributed by atoms with Crippen LogP contribution in [0.1, 0.15) is 22.7 Å². The number of rotatable bonds is 7. The molecule has 19 heavy (non-hydrogen) atoms. The molecule has 0 aliphatic rings. The second-order valence-corrected chi connectivity index (χ2v) is 6.90. The van der Waals surface area contributed by atoms with Gasteiger partial charge in [-0.1, -0.05) is 12.1 Å². The number of nitrogens with one attached hydrogen (secondary N) is 1. The number of hydrogen-bond donors (Lipinski definition) is 3. The standard InChI is InChI=1S/C14H19NO2S2/c1-14(17,10-16)9-15-12(13-5-3-7-19-13)8-11-4-2-6-18-11/h2-7,12,15-17H,8-10H2,1H3. The van der Waals surface area contributed by atoms with Gasteiger partial charge in [0.25, 0.3) is 0 Å². The molecule has 3 nitrogen and oxygen atoms in total. The van der Waals surface area contributed by atoms with Crippen LogP contribution in [0.4, 0.5) is 0 Å². The average molecular weight is 297 g/mol. The highest BCUT2D eigenvalue weighted by molar-refractivity contribution is 7.10. The molecule has 0 saturated heterocycles. The van der Waals surface area contributed by atoms with Gasteiger partial charge in [-0.3, -0.25) is 0 Å². The molecule has 3 N–H and O–H groups in total. The van der Waals surface area contributed by atoms with Gasteiger partial charge in [-0.25, -0.2) is 0 Å². The third kappa shape index (κ3) is 4.40. The first-order valence-electron chi connectivity index (χ1n) is 6.23. The van der Waals surface area contributed by atoms with Gasteiger partial charge >= 0.3 is 0 Å². The number of thiophene rings is 2. The highest BCUT2D eigenvalue weighted by Gasteiger charge is 2.22. The Morgan fingerprint density at radius 3 is 2.58 bits per heavy atom. The first-order valence-corrected chi connectivity index (χ1v) is 7.99. The molecule has 0 fully saturated rings. The normalized spacial score (nSPS) is 16.2. The maximum absolute atomic E-state index is 9.89. The van der Waals surface area contributed by atoms with E-state index in [-0.39, 0.29) is 12.6 Å². The number of aliphatic hydroxyl groups is 2. The van der Waals surface area contributed by atoms with Crippen molar-refractivity contribution in [3.63, 3.8) is 0 Å². The molecule has 0 aromatic carbocycles. The molecule has 0 aliphatic carbocycles. The quantitative estimate of drug-likeness (QED) is 0.736. The van der Waals surface area contributed by atoms with Crippen LogP contribution in [0.25, 0.3) is 0 Å². The Kier molecular flexibility index (Phi) is 5.13. The van der Waals surface area contributed by atoms with E-state index >= 15 is 0 Å². The van der Waals surface area contributed by atoms with Crippen molar-refractivity contribution in [3.05, 3.63) is 44.8 Å². The van der Waals surface area contributed by atoms with Gasteiger partial charge in [-0.05, 0) is 29.8 Å². The minimum Gasteiger partial charge on any atom is -0.393 e. The highest BCUT2D eigenvalue weighted by Crippen LogP contribution is 2.25. The van der Waals surface area contributed by atoms with E-state index < -0.39 is 5.60 Å². The van der Waals surface area contributed by atoms with E-state index in [1.165, 1.54) is 9.75 Å². The van der Waals surface area contributed by atoms with E-state index in [9.17, 15) is 5.11 Å². The Balaban J connectivity index is 2.03. The van der Waals surface area contributed by atoms with Crippen molar-refractivity contribution >= 4 is 22.7 Å². The van der Waals surface area contributed by atoms with Gasteiger partial charge in [0.1, 0.15) is 0 Å². The number of hydrogen-bond acceptors (Lipinski definition) is 5. The monoisotopic (exact) mass is 297 g/mol. The van der Waals surface area contributed by atoms with Gasteiger partial charge in [0, 0.05) is 28.8 Å². The largest absolute Gasteiger partial charge is 0.393 e. The van der Waals surface area contributed by atoms with Crippen LogP contribution in [0.2, 0.25) is 0 Å². The van der Waals surface area contributed by atoms with Crippen LogP contribution >= 0.6 is 22.7 Å². The molecule has 0 bridgehead atoms. The van der Waals surface area contributed by atoms with Gasteiger partial charge in [-0.15, -0.1) is 22.7 Å². The van der Waals surface area contributed by atoms with E-state index in [1.54, 1.807) is 29.6 Å². The molecule has 0 spiro atoms. The van der Waals surface area contributed by atoms with E-state index in [2.05, 4.69) is 34.3 Å². The molecule has 5 heteroatoms. The van der Waals surface area contributed by atoms with Crippen molar-refractivity contribution in [3.8, 4) is 0 Å². The summed E-state index contributed by atoms with van der Waals surface area (Å²) >= 11 is 3.45. The molecule has 0 aliphatic heterocycles. The summed E-state index contributed by atoms with van der Waals surface area (Å²) in [5.74, 6) is 0. The minimum absolute atomic E-state index is 0.177. The third-order valence-electron chi connectivity index (χ3n) is 2.94. The van der Waals surface area contributed by atoms with Crippen LogP contribution in [0, 0.1) is 0 Å². The predicted octanol–water partition coefficient (Wildman–Crippen LogP) is 2.43. The zero-order valence-electron chi connectivity index (χ0n) is 10.9. The van der Waals surface area contributed by atoms with Gasteiger partial charge in [0.15, 0.2) is 0 Å². The minimum atomic E-state index is -1.08. The van der Waals surface area contributed by atoms with Crippen LogP contribution in [0.3, 0.4) is 0 Å². The smallest absolute Gasteiger partial charge is 0.0973 e. The fourth-order valence-electron chi connectivity index (χ4n) is 1.79. The Bertz CT molecular complexity index is 466. The van der Waals surface area contributed by atoms with Gasteiger partial charge in [0.2, 0.25) is 0 Å². The first kappa shape index (κ1) is 14.7. The molecule has 0 saturated carbocycles. The van der Waals surface area contributed by atoms with E-state index in [4.69, 9.17) is 5.11 Å². The number of aliphatic hydroxyl groups excluding tert-OH is 1. The highest BCUT2D eigenvalue weighted by atomic mass is 32.1. The van der Waals surface area contributed by atoms with Crippen molar-refractivity contribution in [1.29, 1.82) is 0 Å². The fourth-order valence-corrected chi connectivity index (χ4v) is 3.35. The molecule has 0 radical (unpaired) electrons. The van der Waals surface area contributed by atoms with E-state index in [0.717, 1.165) is 6.42 Å². The Labute approximate surface area is 121 Å². The maximum Gasteiger partial charge on any atom is 0.0973 e. The molecule has 104 valence electrons. The lowest BCUT2D eigenvalue weighted by Crippen LogP contribution is -2.42. The molecule has 2 heterocycles. The van der Waals surface area contributed by atoms with Gasteiger partial charge in [0.05, 0.1) is 12.2 Å². The summed E-state index contributed by atoms with van der Waals surface area (Å²) in [5.41, 5.74) is -1.08. The predicted molar refractivity (Wildman–Crippen MR) is 80.8 cm³/mol. The van der Waals surface area contributed by atoms with Crippen LogP contribution in [-0.2, 0) is 6.42 Å². The summed E-state index contributed by atoms with van der Waals surface area (Å²) in [6.07, 6.45) is 0.902. The molecule has 0 amide bonds.